The molecule has 70 valence electrons. The summed E-state index contributed by atoms with van der Waals surface area (Å²) in [4.78, 5) is 21.1. The molecule has 0 radical (unpaired) electrons. The summed E-state index contributed by atoms with van der Waals surface area (Å²) in [6.07, 6.45) is 2.31. The summed E-state index contributed by atoms with van der Waals surface area (Å²) < 4.78 is 9.64. The summed E-state index contributed by atoms with van der Waals surface area (Å²) in [6, 6.07) is 1.60. The second-order valence-corrected chi connectivity index (χ2v) is 2.44. The first-order valence-corrected chi connectivity index (χ1v) is 3.95. The van der Waals surface area contributed by atoms with Gasteiger partial charge in [0.05, 0.1) is 6.26 Å². The first-order chi connectivity index (χ1) is 6.27. The number of aldehydes is 1. The van der Waals surface area contributed by atoms with E-state index < -0.39 is 0 Å². The van der Waals surface area contributed by atoms with Gasteiger partial charge in [0, 0.05) is 12.0 Å². The number of carbonyl (C=O) groups is 2. The molecule has 1 aromatic rings. The molecule has 1 aromatic heterocycles. The third-order valence-electron chi connectivity index (χ3n) is 1.57. The van der Waals surface area contributed by atoms with Crippen LogP contribution in [0.25, 0.3) is 0 Å². The first kappa shape index (κ1) is 9.51. The molecule has 0 fully saturated rings. The highest BCUT2D eigenvalue weighted by Crippen LogP contribution is 2.09. The van der Waals surface area contributed by atoms with Crippen LogP contribution in [0.15, 0.2) is 16.7 Å². The number of furan rings is 1. The minimum Gasteiger partial charge on any atom is -0.461 e. The molecular formula is C9H10O4. The van der Waals surface area contributed by atoms with Crippen LogP contribution in [0.1, 0.15) is 29.5 Å². The summed E-state index contributed by atoms with van der Waals surface area (Å²) >= 11 is 0. The lowest BCUT2D eigenvalue weighted by Gasteiger charge is -2.00. The molecule has 0 spiro atoms. The fourth-order valence-electron chi connectivity index (χ4n) is 0.830. The molecule has 13 heavy (non-hydrogen) atoms. The van der Waals surface area contributed by atoms with Gasteiger partial charge in [-0.05, 0) is 6.07 Å². The monoisotopic (exact) mass is 182 g/mol. The zero-order chi connectivity index (χ0) is 9.68. The van der Waals surface area contributed by atoms with Crippen LogP contribution in [0.5, 0.6) is 0 Å². The summed E-state index contributed by atoms with van der Waals surface area (Å²) in [5.41, 5.74) is 0.594. The molecule has 0 aliphatic rings. The van der Waals surface area contributed by atoms with Gasteiger partial charge in [-0.1, -0.05) is 6.92 Å². The average Bonchev–Trinajstić information content (AvgIpc) is 2.61. The fourth-order valence-corrected chi connectivity index (χ4v) is 0.830. The van der Waals surface area contributed by atoms with Gasteiger partial charge in [0.25, 0.3) is 0 Å². The van der Waals surface area contributed by atoms with Gasteiger partial charge >= 0.3 is 5.97 Å². The van der Waals surface area contributed by atoms with Crippen LogP contribution >= 0.6 is 0 Å². The summed E-state index contributed by atoms with van der Waals surface area (Å²) in [5, 5.41) is 0. The molecule has 0 N–H and O–H groups in total. The second kappa shape index (κ2) is 4.45. The van der Waals surface area contributed by atoms with E-state index in [0.717, 1.165) is 0 Å². The lowest BCUT2D eigenvalue weighted by molar-refractivity contribution is -0.144. The van der Waals surface area contributed by atoms with Crippen LogP contribution in [-0.4, -0.2) is 12.3 Å². The number of ether oxygens (including phenoxy) is 1. The van der Waals surface area contributed by atoms with E-state index in [9.17, 15) is 9.59 Å². The predicted octanol–water partition coefficient (Wildman–Crippen LogP) is 1.55. The maximum Gasteiger partial charge on any atom is 0.305 e. The van der Waals surface area contributed by atoms with Gasteiger partial charge in [0.15, 0.2) is 12.0 Å². The number of carbonyl (C=O) groups excluding carboxylic acids is 2. The fraction of sp³-hybridized carbons (Fsp3) is 0.333. The minimum atomic E-state index is -0.293. The average molecular weight is 182 g/mol. The van der Waals surface area contributed by atoms with E-state index in [1.807, 2.05) is 0 Å². The van der Waals surface area contributed by atoms with Crippen LogP contribution in [0.2, 0.25) is 0 Å². The number of hydrogen-bond acceptors (Lipinski definition) is 4. The normalized spacial score (nSPS) is 9.62. The maximum atomic E-state index is 10.8. The molecule has 0 atom stereocenters. The Hall–Kier alpha value is -1.58. The molecule has 4 nitrogen and oxygen atoms in total. The van der Waals surface area contributed by atoms with E-state index in [1.54, 1.807) is 13.0 Å². The number of esters is 1. The highest BCUT2D eigenvalue weighted by atomic mass is 16.5. The van der Waals surface area contributed by atoms with Gasteiger partial charge in [0.2, 0.25) is 0 Å². The summed E-state index contributed by atoms with van der Waals surface area (Å²) in [6.45, 7) is 1.80. The van der Waals surface area contributed by atoms with Crippen LogP contribution in [0.3, 0.4) is 0 Å². The van der Waals surface area contributed by atoms with Crippen molar-refractivity contribution < 1.29 is 18.7 Å². The van der Waals surface area contributed by atoms with E-state index in [1.165, 1.54) is 6.26 Å². The van der Waals surface area contributed by atoms with Crippen molar-refractivity contribution in [2.75, 3.05) is 0 Å². The van der Waals surface area contributed by atoms with E-state index in [4.69, 9.17) is 9.15 Å². The quantitative estimate of drug-likeness (QED) is 0.523. The Morgan fingerprint density at radius 1 is 1.69 bits per heavy atom. The van der Waals surface area contributed by atoms with E-state index >= 15 is 0 Å². The number of hydrogen-bond donors (Lipinski definition) is 0. The van der Waals surface area contributed by atoms with Gasteiger partial charge < -0.3 is 9.15 Å². The van der Waals surface area contributed by atoms with Crippen molar-refractivity contribution in [3.05, 3.63) is 23.7 Å². The molecule has 1 rings (SSSR count). The number of rotatable bonds is 4. The molecule has 1 heterocycles. The van der Waals surface area contributed by atoms with E-state index in [0.29, 0.717) is 18.3 Å². The SMILES string of the molecule is CCC(=O)OCc1ccoc1C=O. The van der Waals surface area contributed by atoms with Crippen molar-refractivity contribution in [3.63, 3.8) is 0 Å². The van der Waals surface area contributed by atoms with Crippen LogP contribution in [0, 0.1) is 0 Å². The standard InChI is InChI=1S/C9H10O4/c1-2-9(11)13-6-7-3-4-12-8(7)5-10/h3-5H,2,6H2,1H3. The Labute approximate surface area is 75.5 Å². The zero-order valence-corrected chi connectivity index (χ0v) is 7.28. The molecule has 0 bridgehead atoms. The minimum absolute atomic E-state index is 0.0945. The Morgan fingerprint density at radius 3 is 3.08 bits per heavy atom. The molecule has 0 unspecified atom stereocenters. The third kappa shape index (κ3) is 2.43. The van der Waals surface area contributed by atoms with Gasteiger partial charge in [-0.15, -0.1) is 0 Å². The van der Waals surface area contributed by atoms with Gasteiger partial charge in [-0.25, -0.2) is 0 Å². The largest absolute Gasteiger partial charge is 0.461 e. The van der Waals surface area contributed by atoms with Crippen molar-refractivity contribution >= 4 is 12.3 Å². The van der Waals surface area contributed by atoms with Gasteiger partial charge in [0.1, 0.15) is 6.61 Å². The molecule has 0 saturated carbocycles. The lowest BCUT2D eigenvalue weighted by Crippen LogP contribution is -2.02. The van der Waals surface area contributed by atoms with Gasteiger partial charge in [-0.2, -0.15) is 0 Å². The van der Waals surface area contributed by atoms with Crippen molar-refractivity contribution in [1.29, 1.82) is 0 Å². The molecule has 0 aliphatic heterocycles. The molecular weight excluding hydrogens is 172 g/mol. The van der Waals surface area contributed by atoms with E-state index in [2.05, 4.69) is 0 Å². The first-order valence-electron chi connectivity index (χ1n) is 3.95. The van der Waals surface area contributed by atoms with Gasteiger partial charge in [-0.3, -0.25) is 9.59 Å². The van der Waals surface area contributed by atoms with Crippen molar-refractivity contribution in [2.45, 2.75) is 20.0 Å². The van der Waals surface area contributed by atoms with E-state index in [-0.39, 0.29) is 18.3 Å². The van der Waals surface area contributed by atoms with Crippen molar-refractivity contribution in [1.82, 2.24) is 0 Å². The highest BCUT2D eigenvalue weighted by molar-refractivity contribution is 5.73. The summed E-state index contributed by atoms with van der Waals surface area (Å²) in [5.74, 6) is -0.0815. The smallest absolute Gasteiger partial charge is 0.305 e. The van der Waals surface area contributed by atoms with Crippen LogP contribution in [-0.2, 0) is 16.1 Å². The topological polar surface area (TPSA) is 56.5 Å². The second-order valence-electron chi connectivity index (χ2n) is 2.44. The Balaban J connectivity index is 2.53. The molecule has 0 saturated heterocycles. The Bertz CT molecular complexity index is 300. The van der Waals surface area contributed by atoms with Crippen molar-refractivity contribution in [2.24, 2.45) is 0 Å². The molecule has 0 aliphatic carbocycles. The molecule has 0 aromatic carbocycles. The maximum absolute atomic E-state index is 10.8. The molecule has 4 heteroatoms. The zero-order valence-electron chi connectivity index (χ0n) is 7.28. The predicted molar refractivity (Wildman–Crippen MR) is 44.2 cm³/mol. The lowest BCUT2D eigenvalue weighted by atomic mass is 10.3. The van der Waals surface area contributed by atoms with Crippen LogP contribution in [0.4, 0.5) is 0 Å². The van der Waals surface area contributed by atoms with Crippen molar-refractivity contribution in [3.8, 4) is 0 Å². The Morgan fingerprint density at radius 2 is 2.46 bits per heavy atom. The van der Waals surface area contributed by atoms with Crippen LogP contribution < -0.4 is 0 Å². The summed E-state index contributed by atoms with van der Waals surface area (Å²) in [7, 11) is 0. The Kier molecular flexibility index (Phi) is 3.25. The highest BCUT2D eigenvalue weighted by Gasteiger charge is 2.06. The third-order valence-corrected chi connectivity index (χ3v) is 1.57. The molecule has 0 amide bonds.